The van der Waals surface area contributed by atoms with Crippen LogP contribution in [0.3, 0.4) is 0 Å². The Morgan fingerprint density at radius 3 is 2.59 bits per heavy atom. The number of ketones is 1. The SMILES string of the molecule is O=C(O)CCCC1C2C(=O)/C(=C/c3cccc(-c4cccc(F)c4)c3)SC(=S)C12. The fraction of sp³-hybridized carbons (Fsp3) is 0.261. The first-order valence-electron chi connectivity index (χ1n) is 9.49. The molecule has 29 heavy (non-hydrogen) atoms. The van der Waals surface area contributed by atoms with Gasteiger partial charge in [-0.15, -0.1) is 0 Å². The molecule has 1 aliphatic carbocycles. The fourth-order valence-corrected chi connectivity index (χ4v) is 5.72. The molecule has 0 bridgehead atoms. The Balaban J connectivity index is 1.52. The van der Waals surface area contributed by atoms with Gasteiger partial charge in [0.15, 0.2) is 5.78 Å². The zero-order chi connectivity index (χ0) is 20.5. The molecule has 2 fully saturated rings. The molecule has 1 saturated heterocycles. The highest BCUT2D eigenvalue weighted by atomic mass is 32.2. The highest BCUT2D eigenvalue weighted by Crippen LogP contribution is 2.58. The van der Waals surface area contributed by atoms with Crippen molar-refractivity contribution in [3.05, 3.63) is 64.8 Å². The zero-order valence-electron chi connectivity index (χ0n) is 15.5. The second-order valence-electron chi connectivity index (χ2n) is 7.43. The summed E-state index contributed by atoms with van der Waals surface area (Å²) in [6.07, 6.45) is 3.27. The number of carboxylic acids is 1. The Morgan fingerprint density at radius 1 is 1.14 bits per heavy atom. The summed E-state index contributed by atoms with van der Waals surface area (Å²) in [5.41, 5.74) is 2.53. The molecule has 148 valence electrons. The van der Waals surface area contributed by atoms with E-state index in [1.54, 1.807) is 6.07 Å². The van der Waals surface area contributed by atoms with Gasteiger partial charge in [0.25, 0.3) is 0 Å². The predicted molar refractivity (Wildman–Crippen MR) is 117 cm³/mol. The second-order valence-corrected chi connectivity index (χ2v) is 9.21. The third kappa shape index (κ3) is 4.33. The first-order valence-corrected chi connectivity index (χ1v) is 10.7. The van der Waals surface area contributed by atoms with E-state index in [9.17, 15) is 14.0 Å². The Hall–Kier alpha value is -2.31. The van der Waals surface area contributed by atoms with Crippen molar-refractivity contribution in [2.45, 2.75) is 19.3 Å². The number of fused-ring (bicyclic) bond motifs is 1. The Morgan fingerprint density at radius 2 is 1.86 bits per heavy atom. The highest BCUT2D eigenvalue weighted by molar-refractivity contribution is 8.26. The van der Waals surface area contributed by atoms with Crippen molar-refractivity contribution < 1.29 is 19.1 Å². The van der Waals surface area contributed by atoms with Gasteiger partial charge in [-0.1, -0.05) is 54.3 Å². The van der Waals surface area contributed by atoms with Crippen molar-refractivity contribution in [2.75, 3.05) is 0 Å². The maximum absolute atomic E-state index is 13.5. The molecule has 0 radical (unpaired) electrons. The van der Waals surface area contributed by atoms with Crippen molar-refractivity contribution in [3.63, 3.8) is 0 Å². The van der Waals surface area contributed by atoms with Crippen molar-refractivity contribution >= 4 is 46.0 Å². The number of rotatable bonds is 6. The van der Waals surface area contributed by atoms with E-state index in [1.807, 2.05) is 36.4 Å². The predicted octanol–water partition coefficient (Wildman–Crippen LogP) is 5.59. The van der Waals surface area contributed by atoms with Crippen LogP contribution in [-0.2, 0) is 9.59 Å². The van der Waals surface area contributed by atoms with Gasteiger partial charge in [-0.3, -0.25) is 9.59 Å². The topological polar surface area (TPSA) is 54.4 Å². The molecule has 2 aromatic rings. The van der Waals surface area contributed by atoms with Crippen LogP contribution in [-0.4, -0.2) is 21.1 Å². The third-order valence-electron chi connectivity index (χ3n) is 5.47. The van der Waals surface area contributed by atoms with Gasteiger partial charge in [-0.05, 0) is 59.7 Å². The number of thioether (sulfide) groups is 1. The quantitative estimate of drug-likeness (QED) is 0.482. The van der Waals surface area contributed by atoms with Crippen LogP contribution in [0.25, 0.3) is 17.2 Å². The van der Waals surface area contributed by atoms with Gasteiger partial charge in [0.2, 0.25) is 0 Å². The van der Waals surface area contributed by atoms with Crippen LogP contribution >= 0.6 is 24.0 Å². The molecule has 1 heterocycles. The van der Waals surface area contributed by atoms with Gasteiger partial charge in [0.1, 0.15) is 5.82 Å². The molecule has 1 aliphatic heterocycles. The van der Waals surface area contributed by atoms with Gasteiger partial charge in [-0.2, -0.15) is 0 Å². The minimum atomic E-state index is -0.810. The summed E-state index contributed by atoms with van der Waals surface area (Å²) in [5, 5.41) is 8.81. The van der Waals surface area contributed by atoms with E-state index in [-0.39, 0.29) is 35.8 Å². The molecule has 1 saturated carbocycles. The second kappa shape index (κ2) is 8.20. The Kier molecular flexibility index (Phi) is 5.65. The average molecular weight is 427 g/mol. The number of hydrogen-bond donors (Lipinski definition) is 1. The first-order chi connectivity index (χ1) is 13.9. The lowest BCUT2D eigenvalue weighted by molar-refractivity contribution is -0.137. The maximum Gasteiger partial charge on any atom is 0.303 e. The summed E-state index contributed by atoms with van der Waals surface area (Å²) >= 11 is 6.88. The maximum atomic E-state index is 13.5. The van der Waals surface area contributed by atoms with Crippen LogP contribution in [0.4, 0.5) is 4.39 Å². The van der Waals surface area contributed by atoms with E-state index in [0.29, 0.717) is 11.3 Å². The van der Waals surface area contributed by atoms with Gasteiger partial charge in [-0.25, -0.2) is 4.39 Å². The smallest absolute Gasteiger partial charge is 0.303 e. The lowest BCUT2D eigenvalue weighted by Crippen LogP contribution is -2.13. The lowest BCUT2D eigenvalue weighted by atomic mass is 10.0. The number of allylic oxidation sites excluding steroid dienone is 1. The van der Waals surface area contributed by atoms with E-state index < -0.39 is 5.97 Å². The number of thiocarbonyl (C=S) groups is 1. The molecule has 4 rings (SSSR count). The van der Waals surface area contributed by atoms with Gasteiger partial charge in [0.05, 0.1) is 9.10 Å². The number of aliphatic carboxylic acids is 1. The summed E-state index contributed by atoms with van der Waals surface area (Å²) in [6.45, 7) is 0. The van der Waals surface area contributed by atoms with E-state index in [4.69, 9.17) is 17.3 Å². The summed E-state index contributed by atoms with van der Waals surface area (Å²) in [6, 6.07) is 14.1. The van der Waals surface area contributed by atoms with E-state index in [2.05, 4.69) is 0 Å². The van der Waals surface area contributed by atoms with Crippen LogP contribution in [0.1, 0.15) is 24.8 Å². The number of benzene rings is 2. The standard InChI is InChI=1S/C23H19FO3S2/c24-16-7-2-6-15(12-16)14-5-1-4-13(10-14)11-18-22(27)20-17(8-3-9-19(25)26)21(20)23(28)29-18/h1-2,4-7,10-12,17,20-21H,3,8-9H2,(H,25,26)/b18-11-. The van der Waals surface area contributed by atoms with Crippen LogP contribution < -0.4 is 0 Å². The van der Waals surface area contributed by atoms with E-state index in [1.165, 1.54) is 23.9 Å². The molecule has 0 spiro atoms. The van der Waals surface area contributed by atoms with Crippen molar-refractivity contribution in [1.29, 1.82) is 0 Å². The number of halogens is 1. The molecule has 3 unspecified atom stereocenters. The summed E-state index contributed by atoms with van der Waals surface area (Å²) in [7, 11) is 0. The zero-order valence-corrected chi connectivity index (χ0v) is 17.1. The molecule has 3 atom stereocenters. The minimum absolute atomic E-state index is 0.102. The molecule has 0 aromatic heterocycles. The van der Waals surface area contributed by atoms with Crippen molar-refractivity contribution in [2.24, 2.45) is 17.8 Å². The molecule has 6 heteroatoms. The lowest BCUT2D eigenvalue weighted by Gasteiger charge is -2.12. The van der Waals surface area contributed by atoms with Crippen LogP contribution in [0.15, 0.2) is 53.4 Å². The molecular weight excluding hydrogens is 407 g/mol. The third-order valence-corrected chi connectivity index (χ3v) is 7.00. The Bertz CT molecular complexity index is 1030. The largest absolute Gasteiger partial charge is 0.481 e. The molecule has 2 aliphatic rings. The van der Waals surface area contributed by atoms with Gasteiger partial charge in [0, 0.05) is 18.3 Å². The van der Waals surface area contributed by atoms with E-state index in [0.717, 1.165) is 27.3 Å². The summed E-state index contributed by atoms with van der Waals surface area (Å²) in [5.74, 6) is -0.822. The van der Waals surface area contributed by atoms with Gasteiger partial charge >= 0.3 is 5.97 Å². The number of hydrogen-bond acceptors (Lipinski definition) is 4. The molecular formula is C23H19FO3S2. The summed E-state index contributed by atoms with van der Waals surface area (Å²) < 4.78 is 14.4. The van der Waals surface area contributed by atoms with Crippen LogP contribution in [0, 0.1) is 23.6 Å². The molecule has 1 N–H and O–H groups in total. The monoisotopic (exact) mass is 426 g/mol. The molecule has 0 amide bonds. The van der Waals surface area contributed by atoms with Gasteiger partial charge < -0.3 is 5.11 Å². The van der Waals surface area contributed by atoms with Crippen LogP contribution in [0.2, 0.25) is 0 Å². The first kappa shape index (κ1) is 20.0. The average Bonchev–Trinajstić information content (AvgIpc) is 3.41. The molecule has 3 nitrogen and oxygen atoms in total. The fourth-order valence-electron chi connectivity index (χ4n) is 4.02. The highest BCUT2D eigenvalue weighted by Gasteiger charge is 2.59. The number of carbonyl (C=O) groups excluding carboxylic acids is 1. The van der Waals surface area contributed by atoms with Crippen molar-refractivity contribution in [1.82, 2.24) is 0 Å². The number of Topliss-reactive ketones (excluding diaryl/α,β-unsaturated/α-hetero) is 1. The minimum Gasteiger partial charge on any atom is -0.481 e. The Labute approximate surface area is 178 Å². The number of carboxylic acid groups (broad SMARTS) is 1. The van der Waals surface area contributed by atoms with E-state index >= 15 is 0 Å². The summed E-state index contributed by atoms with van der Waals surface area (Å²) in [4.78, 5) is 24.3. The van der Waals surface area contributed by atoms with Crippen LogP contribution in [0.5, 0.6) is 0 Å². The molecule has 2 aromatic carbocycles. The van der Waals surface area contributed by atoms with Crippen molar-refractivity contribution in [3.8, 4) is 11.1 Å². The number of carbonyl (C=O) groups is 2. The normalized spacial score (nSPS) is 24.4.